The zero-order valence-corrected chi connectivity index (χ0v) is 14.9. The number of hydrogen-bond donors (Lipinski definition) is 2. The first-order valence-electron chi connectivity index (χ1n) is 9.42. The van der Waals surface area contributed by atoms with Crippen molar-refractivity contribution in [3.63, 3.8) is 0 Å². The molecule has 134 valence electrons. The van der Waals surface area contributed by atoms with Gasteiger partial charge in [0.1, 0.15) is 6.10 Å². The molecule has 5 heteroatoms. The number of nitrogens with one attached hydrogen (secondary N) is 2. The third-order valence-electron chi connectivity index (χ3n) is 5.78. The molecule has 1 aromatic carbocycles. The summed E-state index contributed by atoms with van der Waals surface area (Å²) in [5.41, 5.74) is 2.46. The number of para-hydroxylation sites is 1. The van der Waals surface area contributed by atoms with Crippen LogP contribution in [-0.4, -0.2) is 53.7 Å². The average molecular weight is 341 g/mol. The molecule has 0 radical (unpaired) electrons. The van der Waals surface area contributed by atoms with Gasteiger partial charge in [-0.15, -0.1) is 0 Å². The number of aromatic amines is 1. The van der Waals surface area contributed by atoms with Crippen molar-refractivity contribution in [3.05, 3.63) is 36.0 Å². The molecule has 2 aromatic rings. The highest BCUT2D eigenvalue weighted by atomic mass is 16.5. The molecule has 2 aliphatic heterocycles. The molecule has 0 bridgehead atoms. The van der Waals surface area contributed by atoms with Gasteiger partial charge in [0.15, 0.2) is 0 Å². The topological polar surface area (TPSA) is 57.4 Å². The number of carbonyl (C=O) groups excluding carboxylic acids is 1. The lowest BCUT2D eigenvalue weighted by atomic mass is 9.89. The molecule has 2 aliphatic rings. The Labute approximate surface area is 148 Å². The summed E-state index contributed by atoms with van der Waals surface area (Å²) in [6.07, 6.45) is 5.67. The number of morpholine rings is 1. The molecule has 5 nitrogen and oxygen atoms in total. The summed E-state index contributed by atoms with van der Waals surface area (Å²) >= 11 is 0. The van der Waals surface area contributed by atoms with Crippen LogP contribution in [0, 0.1) is 0 Å². The average Bonchev–Trinajstić information content (AvgIpc) is 3.07. The summed E-state index contributed by atoms with van der Waals surface area (Å²) in [6.45, 7) is 5.82. The number of piperidine rings is 1. The van der Waals surface area contributed by atoms with Crippen LogP contribution < -0.4 is 5.32 Å². The quantitative estimate of drug-likeness (QED) is 0.898. The van der Waals surface area contributed by atoms with E-state index in [1.807, 2.05) is 6.92 Å². The Hall–Kier alpha value is -1.85. The first kappa shape index (κ1) is 16.6. The maximum atomic E-state index is 11.8. The van der Waals surface area contributed by atoms with Crippen molar-refractivity contribution in [2.45, 2.75) is 44.3 Å². The third kappa shape index (κ3) is 3.31. The van der Waals surface area contributed by atoms with E-state index in [-0.39, 0.29) is 17.6 Å². The Bertz CT molecular complexity index is 746. The molecule has 2 N–H and O–H groups in total. The maximum absolute atomic E-state index is 11.8. The van der Waals surface area contributed by atoms with Gasteiger partial charge in [-0.1, -0.05) is 25.1 Å². The largest absolute Gasteiger partial charge is 0.361 e. The molecule has 2 saturated heterocycles. The van der Waals surface area contributed by atoms with Crippen molar-refractivity contribution >= 4 is 16.8 Å². The van der Waals surface area contributed by atoms with Crippen molar-refractivity contribution in [1.29, 1.82) is 0 Å². The number of fused-ring (bicyclic) bond motifs is 1. The van der Waals surface area contributed by atoms with Crippen molar-refractivity contribution in [2.75, 3.05) is 26.2 Å². The molecule has 0 aliphatic carbocycles. The van der Waals surface area contributed by atoms with Gasteiger partial charge in [0.25, 0.3) is 0 Å². The van der Waals surface area contributed by atoms with Gasteiger partial charge in [0.2, 0.25) is 5.91 Å². The Morgan fingerprint density at radius 2 is 2.08 bits per heavy atom. The number of hydrogen-bond acceptors (Lipinski definition) is 3. The fraction of sp³-hybridized carbons (Fsp3) is 0.550. The molecule has 1 spiro atoms. The number of rotatable bonds is 4. The third-order valence-corrected chi connectivity index (χ3v) is 5.78. The van der Waals surface area contributed by atoms with E-state index in [4.69, 9.17) is 4.74 Å². The maximum Gasteiger partial charge on any atom is 0.249 e. The monoisotopic (exact) mass is 341 g/mol. The fourth-order valence-corrected chi connectivity index (χ4v) is 4.12. The first-order chi connectivity index (χ1) is 12.2. The van der Waals surface area contributed by atoms with Crippen molar-refractivity contribution in [3.8, 4) is 0 Å². The lowest BCUT2D eigenvalue weighted by molar-refractivity contribution is -0.170. The summed E-state index contributed by atoms with van der Waals surface area (Å²) in [4.78, 5) is 17.7. The zero-order chi connectivity index (χ0) is 17.3. The Morgan fingerprint density at radius 3 is 2.88 bits per heavy atom. The van der Waals surface area contributed by atoms with Crippen LogP contribution in [0.5, 0.6) is 0 Å². The van der Waals surface area contributed by atoms with Gasteiger partial charge in [-0.05, 0) is 37.3 Å². The van der Waals surface area contributed by atoms with E-state index in [0.717, 1.165) is 45.3 Å². The predicted octanol–water partition coefficient (Wildman–Crippen LogP) is 2.47. The normalized spacial score (nSPS) is 23.9. The molecule has 1 amide bonds. The highest BCUT2D eigenvalue weighted by Gasteiger charge is 2.42. The van der Waals surface area contributed by atoms with E-state index in [2.05, 4.69) is 45.7 Å². The van der Waals surface area contributed by atoms with Crippen LogP contribution in [0.1, 0.15) is 31.7 Å². The van der Waals surface area contributed by atoms with Gasteiger partial charge < -0.3 is 19.9 Å². The number of carbonyl (C=O) groups is 1. The van der Waals surface area contributed by atoms with Gasteiger partial charge in [-0.25, -0.2) is 0 Å². The Balaban J connectivity index is 1.33. The Kier molecular flexibility index (Phi) is 4.52. The summed E-state index contributed by atoms with van der Waals surface area (Å²) in [5.74, 6) is 0.0508. The number of nitrogens with zero attached hydrogens (tertiary/aromatic N) is 1. The molecule has 1 unspecified atom stereocenters. The molecule has 1 atom stereocenters. The first-order valence-corrected chi connectivity index (χ1v) is 9.42. The SMILES string of the molecule is CCC1OC2(CCN(CCc3c[nH]c4ccccc34)CC2)CNC1=O. The predicted molar refractivity (Wildman–Crippen MR) is 98.6 cm³/mol. The number of ether oxygens (including phenoxy) is 1. The molecule has 1 aromatic heterocycles. The van der Waals surface area contributed by atoms with Crippen LogP contribution >= 0.6 is 0 Å². The minimum atomic E-state index is -0.272. The highest BCUT2D eigenvalue weighted by Crippen LogP contribution is 2.30. The van der Waals surface area contributed by atoms with Crippen LogP contribution in [0.3, 0.4) is 0 Å². The fourth-order valence-electron chi connectivity index (χ4n) is 4.12. The minimum Gasteiger partial charge on any atom is -0.361 e. The highest BCUT2D eigenvalue weighted by molar-refractivity contribution is 5.83. The van der Waals surface area contributed by atoms with Crippen LogP contribution in [0.25, 0.3) is 10.9 Å². The van der Waals surface area contributed by atoms with Crippen LogP contribution in [-0.2, 0) is 16.0 Å². The summed E-state index contributed by atoms with van der Waals surface area (Å²) in [7, 11) is 0. The number of likely N-dealkylation sites (tertiary alicyclic amines) is 1. The summed E-state index contributed by atoms with van der Waals surface area (Å²) < 4.78 is 6.19. The van der Waals surface area contributed by atoms with Crippen LogP contribution in [0.15, 0.2) is 30.5 Å². The van der Waals surface area contributed by atoms with E-state index in [0.29, 0.717) is 6.54 Å². The van der Waals surface area contributed by atoms with E-state index >= 15 is 0 Å². The number of aromatic nitrogens is 1. The number of H-pyrrole nitrogens is 1. The van der Waals surface area contributed by atoms with E-state index in [9.17, 15) is 4.79 Å². The number of amides is 1. The lowest BCUT2D eigenvalue weighted by Gasteiger charge is -2.46. The van der Waals surface area contributed by atoms with Gasteiger partial charge in [-0.2, -0.15) is 0 Å². The molecule has 0 saturated carbocycles. The van der Waals surface area contributed by atoms with Crippen LogP contribution in [0.4, 0.5) is 0 Å². The smallest absolute Gasteiger partial charge is 0.249 e. The van der Waals surface area contributed by atoms with Crippen molar-refractivity contribution < 1.29 is 9.53 Å². The molecular weight excluding hydrogens is 314 g/mol. The van der Waals surface area contributed by atoms with E-state index < -0.39 is 0 Å². The van der Waals surface area contributed by atoms with Gasteiger partial charge >= 0.3 is 0 Å². The van der Waals surface area contributed by atoms with Crippen LogP contribution in [0.2, 0.25) is 0 Å². The standard InChI is InChI=1S/C20H27N3O2/c1-2-18-19(24)22-14-20(25-18)8-11-23(12-9-20)10-7-15-13-21-17-6-4-3-5-16(15)17/h3-6,13,18,21H,2,7-12,14H2,1H3,(H,22,24). The molecular formula is C20H27N3O2. The zero-order valence-electron chi connectivity index (χ0n) is 14.9. The molecule has 3 heterocycles. The molecule has 2 fully saturated rings. The Morgan fingerprint density at radius 1 is 1.28 bits per heavy atom. The number of benzene rings is 1. The summed E-state index contributed by atoms with van der Waals surface area (Å²) in [6, 6.07) is 8.49. The van der Waals surface area contributed by atoms with Crippen molar-refractivity contribution in [2.24, 2.45) is 0 Å². The second-order valence-corrected chi connectivity index (χ2v) is 7.37. The van der Waals surface area contributed by atoms with E-state index in [1.165, 1.54) is 16.5 Å². The molecule has 25 heavy (non-hydrogen) atoms. The second-order valence-electron chi connectivity index (χ2n) is 7.37. The van der Waals surface area contributed by atoms with Crippen molar-refractivity contribution in [1.82, 2.24) is 15.2 Å². The lowest BCUT2D eigenvalue weighted by Crippen LogP contribution is -2.60. The second kappa shape index (κ2) is 6.81. The van der Waals surface area contributed by atoms with Gasteiger partial charge in [-0.3, -0.25) is 4.79 Å². The van der Waals surface area contributed by atoms with Gasteiger partial charge in [0.05, 0.1) is 5.60 Å². The van der Waals surface area contributed by atoms with E-state index in [1.54, 1.807) is 0 Å². The summed E-state index contributed by atoms with van der Waals surface area (Å²) in [5, 5.41) is 4.38. The minimum absolute atomic E-state index is 0.0508. The molecule has 4 rings (SSSR count). The van der Waals surface area contributed by atoms with Gasteiger partial charge in [0, 0.05) is 43.3 Å².